The molecule has 1 N–H and O–H groups in total. The van der Waals surface area contributed by atoms with Gasteiger partial charge in [-0.3, -0.25) is 28.1 Å². The number of ether oxygens (including phenoxy) is 1. The number of nitrogens with zero attached hydrogens (tertiary/aromatic N) is 9. The molecule has 5 aromatic heterocycles. The summed E-state index contributed by atoms with van der Waals surface area (Å²) < 4.78 is 51.3. The first-order valence-electron chi connectivity index (χ1n) is 24.3. The first-order valence-corrected chi connectivity index (χ1v) is 24.3. The summed E-state index contributed by atoms with van der Waals surface area (Å²) in [4.78, 5) is 47.6. The second kappa shape index (κ2) is 15.1. The number of hydrogen-bond acceptors (Lipinski definition) is 8. The van der Waals surface area contributed by atoms with E-state index in [1.165, 1.54) is 27.0 Å². The van der Waals surface area contributed by atoms with Crippen molar-refractivity contribution in [3.8, 4) is 17.2 Å². The number of carbonyl (C=O) groups is 1. The topological polar surface area (TPSA) is 156 Å². The molecule has 17 heteroatoms. The maximum Gasteiger partial charge on any atom is 0.438 e. The first-order chi connectivity index (χ1) is 33.3. The normalized spacial score (nSPS) is 23.3. The van der Waals surface area contributed by atoms with Gasteiger partial charge < -0.3 is 14.2 Å². The van der Waals surface area contributed by atoms with Crippen molar-refractivity contribution >= 4 is 27.7 Å². The highest BCUT2D eigenvalue weighted by Gasteiger charge is 2.59. The predicted molar refractivity (Wildman–Crippen MR) is 251 cm³/mol. The van der Waals surface area contributed by atoms with E-state index in [1.54, 1.807) is 41.3 Å². The molecule has 15 nitrogen and oxygen atoms in total. The monoisotopic (exact) mass is 934 g/mol. The summed E-state index contributed by atoms with van der Waals surface area (Å²) in [7, 11) is 0. The van der Waals surface area contributed by atoms with Gasteiger partial charge in [0.15, 0.2) is 11.6 Å². The molecule has 0 spiro atoms. The molecule has 3 aromatic carbocycles. The Hall–Kier alpha value is -6.88. The average Bonchev–Trinajstić information content (AvgIpc) is 4.25. The summed E-state index contributed by atoms with van der Waals surface area (Å²) in [6, 6.07) is 16.0. The Morgan fingerprint density at radius 2 is 1.71 bits per heavy atom. The van der Waals surface area contributed by atoms with E-state index in [1.807, 2.05) is 27.1 Å². The SMILES string of the molecule is C[C@H]1c2c(nn(-c3ccc(F)c(C4CC4)c3)c2-n2ccn(-c3ccc4c(cnn4CC4CC4)c3F)c2=O)CCN1C(=O)c1cc2cc([C@H]3CCOC(C)(C)C3)ccc2n1[C@@]1(c2noc(=O)[nH]2)C[C@@H]1C. The number of amides is 1. The number of aromatic amines is 1. The lowest BCUT2D eigenvalue weighted by Gasteiger charge is -2.35. The Balaban J connectivity index is 0.937. The molecule has 2 aliphatic heterocycles. The van der Waals surface area contributed by atoms with Gasteiger partial charge in [-0.2, -0.15) is 10.2 Å². The predicted octanol–water partition coefficient (Wildman–Crippen LogP) is 8.58. The minimum Gasteiger partial charge on any atom is -0.376 e. The van der Waals surface area contributed by atoms with Crippen molar-refractivity contribution in [3.63, 3.8) is 0 Å². The summed E-state index contributed by atoms with van der Waals surface area (Å²) in [5.41, 5.74) is 4.00. The third-order valence-electron chi connectivity index (χ3n) is 15.8. The van der Waals surface area contributed by atoms with Crippen LogP contribution in [0.25, 0.3) is 39.0 Å². The van der Waals surface area contributed by atoms with Crippen LogP contribution in [0.15, 0.2) is 87.3 Å². The number of aromatic nitrogens is 9. The van der Waals surface area contributed by atoms with Crippen LogP contribution < -0.4 is 11.4 Å². The number of rotatable bonds is 10. The Bertz CT molecular complexity index is 3540. The molecule has 13 rings (SSSR count). The van der Waals surface area contributed by atoms with Gasteiger partial charge in [-0.25, -0.2) is 23.1 Å². The molecule has 3 saturated carbocycles. The fourth-order valence-electron chi connectivity index (χ4n) is 11.7. The number of benzene rings is 3. The van der Waals surface area contributed by atoms with E-state index in [9.17, 15) is 9.59 Å². The molecule has 0 radical (unpaired) electrons. The van der Waals surface area contributed by atoms with Gasteiger partial charge in [0.2, 0.25) is 0 Å². The molecule has 8 aromatic rings. The largest absolute Gasteiger partial charge is 0.438 e. The van der Waals surface area contributed by atoms with Crippen molar-refractivity contribution in [1.82, 2.24) is 48.3 Å². The van der Waals surface area contributed by atoms with Gasteiger partial charge in [0.1, 0.15) is 22.9 Å². The lowest BCUT2D eigenvalue weighted by molar-refractivity contribution is -0.0592. The highest BCUT2D eigenvalue weighted by molar-refractivity contribution is 6.00. The molecule has 3 aliphatic carbocycles. The fraction of sp³-hybridized carbons (Fsp3) is 0.423. The summed E-state index contributed by atoms with van der Waals surface area (Å²) in [6.45, 7) is 9.93. The van der Waals surface area contributed by atoms with Crippen LogP contribution >= 0.6 is 0 Å². The zero-order valence-corrected chi connectivity index (χ0v) is 38.9. The van der Waals surface area contributed by atoms with E-state index in [-0.39, 0.29) is 40.8 Å². The number of imidazole rings is 1. The molecule has 0 unspecified atom stereocenters. The maximum atomic E-state index is 16.5. The molecule has 4 fully saturated rings. The summed E-state index contributed by atoms with van der Waals surface area (Å²) in [6.07, 6.45) is 11.4. The van der Waals surface area contributed by atoms with Crippen molar-refractivity contribution in [2.24, 2.45) is 11.8 Å². The van der Waals surface area contributed by atoms with E-state index in [2.05, 4.69) is 54.2 Å². The smallest absolute Gasteiger partial charge is 0.376 e. The van der Waals surface area contributed by atoms with Crippen LogP contribution in [-0.4, -0.2) is 73.0 Å². The van der Waals surface area contributed by atoms with Gasteiger partial charge >= 0.3 is 11.4 Å². The van der Waals surface area contributed by atoms with E-state index in [0.717, 1.165) is 56.0 Å². The third kappa shape index (κ3) is 6.66. The average molecular weight is 935 g/mol. The van der Waals surface area contributed by atoms with Crippen LogP contribution in [0.1, 0.15) is 129 Å². The molecule has 354 valence electrons. The number of carbonyl (C=O) groups excluding carboxylic acids is 1. The molecule has 0 bridgehead atoms. The van der Waals surface area contributed by atoms with E-state index in [0.29, 0.717) is 82.7 Å². The minimum atomic E-state index is -0.854. The second-order valence-corrected chi connectivity index (χ2v) is 20.9. The number of nitrogens with one attached hydrogen (secondary N) is 1. The van der Waals surface area contributed by atoms with Crippen molar-refractivity contribution in [2.75, 3.05) is 13.2 Å². The van der Waals surface area contributed by atoms with Crippen LogP contribution in [0, 0.1) is 23.5 Å². The maximum absolute atomic E-state index is 16.5. The molecule has 69 heavy (non-hydrogen) atoms. The Labute approximate surface area is 394 Å². The quantitative estimate of drug-likeness (QED) is 0.143. The minimum absolute atomic E-state index is 0.00297. The molecular formula is C52H52F2N10O5. The first kappa shape index (κ1) is 42.2. The Morgan fingerprint density at radius 3 is 2.45 bits per heavy atom. The van der Waals surface area contributed by atoms with Crippen molar-refractivity contribution in [1.29, 1.82) is 0 Å². The Morgan fingerprint density at radius 1 is 0.913 bits per heavy atom. The van der Waals surface area contributed by atoms with E-state index in [4.69, 9.17) is 14.4 Å². The van der Waals surface area contributed by atoms with Gasteiger partial charge in [-0.15, -0.1) is 0 Å². The van der Waals surface area contributed by atoms with Crippen LogP contribution in [0.4, 0.5) is 8.78 Å². The third-order valence-corrected chi connectivity index (χ3v) is 15.8. The second-order valence-electron chi connectivity index (χ2n) is 20.9. The molecule has 4 atom stereocenters. The van der Waals surface area contributed by atoms with Crippen LogP contribution in [-0.2, 0) is 23.2 Å². The van der Waals surface area contributed by atoms with Gasteiger partial charge in [0, 0.05) is 55.0 Å². The summed E-state index contributed by atoms with van der Waals surface area (Å²) >= 11 is 0. The molecular weight excluding hydrogens is 883 g/mol. The lowest BCUT2D eigenvalue weighted by atomic mass is 9.83. The van der Waals surface area contributed by atoms with Gasteiger partial charge in [-0.1, -0.05) is 18.1 Å². The van der Waals surface area contributed by atoms with Crippen LogP contribution in [0.3, 0.4) is 0 Å². The number of H-pyrrole nitrogens is 1. The molecule has 5 aliphatic rings. The van der Waals surface area contributed by atoms with Crippen molar-refractivity contribution < 1.29 is 22.8 Å². The van der Waals surface area contributed by atoms with Gasteiger partial charge in [0.05, 0.1) is 45.8 Å². The van der Waals surface area contributed by atoms with Gasteiger partial charge in [-0.05, 0) is 149 Å². The van der Waals surface area contributed by atoms with Gasteiger partial charge in [0.25, 0.3) is 5.91 Å². The molecule has 7 heterocycles. The molecule has 1 saturated heterocycles. The lowest BCUT2D eigenvalue weighted by Crippen LogP contribution is -2.41. The standard InChI is InChI=1S/C52H52F2N10O5/c1-28-24-52(28,48-56-49(66)69-58-48)63-40-12-9-32(33-16-20-68-51(3,4)25-33)21-34(40)22-43(63)47(65)59-17-15-39-44(29(59)2)46(64(57-39)35-10-11-38(53)36(23-35)31-7-8-31)61-19-18-60(50(61)67)42-14-13-41-37(45(42)54)26-55-62(41)27-30-5-6-30/h9-14,18-19,21-23,26,28-31,33H,5-8,15-17,20,24-25,27H2,1-4H3,(H,56,58,66)/t28-,29-,33-,52-/m0/s1. The van der Waals surface area contributed by atoms with Crippen molar-refractivity contribution in [2.45, 2.75) is 115 Å². The zero-order valence-electron chi connectivity index (χ0n) is 38.9. The highest BCUT2D eigenvalue weighted by atomic mass is 19.1. The van der Waals surface area contributed by atoms with Crippen LogP contribution in [0.2, 0.25) is 0 Å². The number of hydrogen-bond donors (Lipinski definition) is 1. The zero-order chi connectivity index (χ0) is 47.2. The molecule has 1 amide bonds. The highest BCUT2D eigenvalue weighted by Crippen LogP contribution is 2.56. The van der Waals surface area contributed by atoms with Crippen LogP contribution in [0.5, 0.6) is 0 Å². The number of halogens is 2. The fourth-order valence-corrected chi connectivity index (χ4v) is 11.7. The summed E-state index contributed by atoms with van der Waals surface area (Å²) in [5, 5.41) is 15.0. The van der Waals surface area contributed by atoms with E-state index >= 15 is 13.6 Å². The summed E-state index contributed by atoms with van der Waals surface area (Å²) in [5.74, 6) is -0.126. The Kier molecular flexibility index (Phi) is 9.22. The number of fused-ring (bicyclic) bond motifs is 3. The van der Waals surface area contributed by atoms with Crippen molar-refractivity contribution in [3.05, 3.63) is 140 Å². The van der Waals surface area contributed by atoms with E-state index < -0.39 is 28.8 Å².